The van der Waals surface area contributed by atoms with Gasteiger partial charge < -0.3 is 0 Å². The molecule has 0 bridgehead atoms. The molecule has 0 aromatic heterocycles. The average molecular weight is 452 g/mol. The molecule has 0 heterocycles. The standard InChI is InChI=1S/C26H8F4N4/c1-33-19(9-31)21-15-7-13-11(3-5-17(27)25(13)29)22(15)24(20(10-32)34-2)23-12-4-6-18(28)26(30)14(12)8-16(21)23/h3-6H,7-8H2. The van der Waals surface area contributed by atoms with E-state index in [0.717, 1.165) is 12.1 Å². The third kappa shape index (κ3) is 2.54. The van der Waals surface area contributed by atoms with Crippen molar-refractivity contribution in [3.8, 4) is 34.4 Å². The Morgan fingerprint density at radius 1 is 0.676 bits per heavy atom. The van der Waals surface area contributed by atoms with Gasteiger partial charge in [0.15, 0.2) is 23.3 Å². The molecule has 2 aliphatic carbocycles. The number of rotatable bonds is 0. The zero-order valence-electron chi connectivity index (χ0n) is 17.0. The third-order valence-electron chi connectivity index (χ3n) is 6.25. The highest BCUT2D eigenvalue weighted by atomic mass is 19.2. The fourth-order valence-electron chi connectivity index (χ4n) is 4.96. The van der Waals surface area contributed by atoms with E-state index >= 15 is 0 Å². The molecule has 0 saturated heterocycles. The molecule has 8 heteroatoms. The minimum Gasteiger partial charge on any atom is -0.226 e. The Balaban J connectivity index is 2.15. The summed E-state index contributed by atoms with van der Waals surface area (Å²) in [5, 5.41) is 19.6. The lowest BCUT2D eigenvalue weighted by Crippen LogP contribution is -2.25. The molecule has 3 aromatic rings. The van der Waals surface area contributed by atoms with E-state index in [4.69, 9.17) is 13.1 Å². The van der Waals surface area contributed by atoms with Gasteiger partial charge in [-0.3, -0.25) is 0 Å². The second-order valence-corrected chi connectivity index (χ2v) is 7.73. The first-order valence-electron chi connectivity index (χ1n) is 9.83. The molecule has 0 amide bonds. The highest BCUT2D eigenvalue weighted by Crippen LogP contribution is 2.42. The van der Waals surface area contributed by atoms with Crippen LogP contribution in [-0.4, -0.2) is 0 Å². The van der Waals surface area contributed by atoms with Gasteiger partial charge in [-0.25, -0.2) is 37.8 Å². The Morgan fingerprint density at radius 2 is 1.09 bits per heavy atom. The van der Waals surface area contributed by atoms with Gasteiger partial charge in [-0.05, 0) is 50.7 Å². The van der Waals surface area contributed by atoms with Crippen molar-refractivity contribution >= 4 is 11.4 Å². The van der Waals surface area contributed by atoms with Gasteiger partial charge >= 0.3 is 0 Å². The zero-order chi connectivity index (χ0) is 24.3. The lowest BCUT2D eigenvalue weighted by Gasteiger charge is -2.13. The molecule has 2 aliphatic rings. The maximum atomic E-state index is 14.8. The molecule has 4 nitrogen and oxygen atoms in total. The summed E-state index contributed by atoms with van der Waals surface area (Å²) in [5.74, 6) is -4.40. The molecule has 34 heavy (non-hydrogen) atoms. The van der Waals surface area contributed by atoms with E-state index in [-0.39, 0.29) is 79.2 Å². The SMILES string of the molecule is [C-]#[N+]C(C#N)=c1c2c(c(=C(C#N)[N+]#[C-])c3c1Cc1c-3ccc(F)c1F)-c1ccc(F)c(F)c1C2. The van der Waals surface area contributed by atoms with Crippen LogP contribution in [0.15, 0.2) is 24.3 Å². The van der Waals surface area contributed by atoms with Crippen LogP contribution in [-0.2, 0) is 12.8 Å². The van der Waals surface area contributed by atoms with Gasteiger partial charge in [0.2, 0.25) is 0 Å². The highest BCUT2D eigenvalue weighted by molar-refractivity contribution is 5.93. The minimum atomic E-state index is -1.11. The second-order valence-electron chi connectivity index (χ2n) is 7.73. The van der Waals surface area contributed by atoms with Crippen LogP contribution in [0.25, 0.3) is 43.3 Å². The number of benzene rings is 3. The van der Waals surface area contributed by atoms with Gasteiger partial charge in [-0.1, -0.05) is 12.1 Å². The summed E-state index contributed by atoms with van der Waals surface area (Å²) < 4.78 is 57.6. The van der Waals surface area contributed by atoms with Crippen molar-refractivity contribution in [2.45, 2.75) is 12.8 Å². The number of hydrogen-bond acceptors (Lipinski definition) is 2. The first-order valence-corrected chi connectivity index (χ1v) is 9.83. The maximum absolute atomic E-state index is 14.8. The first-order chi connectivity index (χ1) is 16.4. The van der Waals surface area contributed by atoms with Crippen LogP contribution in [0, 0.1) is 59.1 Å². The summed E-state index contributed by atoms with van der Waals surface area (Å²) >= 11 is 0. The normalized spacial score (nSPS) is 11.8. The molecule has 0 radical (unpaired) electrons. The van der Waals surface area contributed by atoms with Crippen molar-refractivity contribution in [3.63, 3.8) is 0 Å². The summed E-state index contributed by atoms with van der Waals surface area (Å²) in [6.07, 6.45) is -0.400. The van der Waals surface area contributed by atoms with E-state index in [0.29, 0.717) is 0 Å². The molecule has 0 aliphatic heterocycles. The van der Waals surface area contributed by atoms with Crippen molar-refractivity contribution in [1.29, 1.82) is 10.5 Å². The smallest absolute Gasteiger partial charge is 0.226 e. The molecule has 0 N–H and O–H groups in total. The van der Waals surface area contributed by atoms with Crippen molar-refractivity contribution < 1.29 is 17.6 Å². The molecule has 0 saturated carbocycles. The van der Waals surface area contributed by atoms with Crippen LogP contribution < -0.4 is 10.4 Å². The monoisotopic (exact) mass is 452 g/mol. The molecule has 5 rings (SSSR count). The quantitative estimate of drug-likeness (QED) is 0.257. The third-order valence-corrected chi connectivity index (χ3v) is 6.25. The molecule has 0 fully saturated rings. The summed E-state index contributed by atoms with van der Waals surface area (Å²) in [6, 6.07) is 8.06. The molecule has 0 spiro atoms. The van der Waals surface area contributed by atoms with Crippen molar-refractivity contribution in [2.24, 2.45) is 0 Å². The van der Waals surface area contributed by atoms with Crippen molar-refractivity contribution in [1.82, 2.24) is 0 Å². The zero-order valence-corrected chi connectivity index (χ0v) is 17.0. The number of fused-ring (bicyclic) bond motifs is 6. The van der Waals surface area contributed by atoms with Crippen LogP contribution >= 0.6 is 0 Å². The number of hydrogen-bond donors (Lipinski definition) is 0. The van der Waals surface area contributed by atoms with Crippen LogP contribution in [0.2, 0.25) is 0 Å². The molecule has 3 aromatic carbocycles. The van der Waals surface area contributed by atoms with Gasteiger partial charge in [-0.15, -0.1) is 0 Å². The first kappa shape index (κ1) is 21.0. The molecular weight excluding hydrogens is 444 g/mol. The fourth-order valence-corrected chi connectivity index (χ4v) is 4.96. The van der Waals surface area contributed by atoms with Gasteiger partial charge in [-0.2, -0.15) is 0 Å². The van der Waals surface area contributed by atoms with Gasteiger partial charge in [0.05, 0.1) is 25.3 Å². The summed E-state index contributed by atoms with van der Waals surface area (Å²) in [6.45, 7) is 15.0. The van der Waals surface area contributed by atoms with E-state index < -0.39 is 23.3 Å². The lowest BCUT2D eigenvalue weighted by molar-refractivity contribution is 0.502. The van der Waals surface area contributed by atoms with Gasteiger partial charge in [0, 0.05) is 29.2 Å². The molecule has 0 atom stereocenters. The molecular formula is C26H8F4N4. The Morgan fingerprint density at radius 3 is 1.47 bits per heavy atom. The Labute approximate surface area is 190 Å². The maximum Gasteiger partial charge on any atom is 0.270 e. The van der Waals surface area contributed by atoms with Crippen LogP contribution in [0.4, 0.5) is 17.6 Å². The van der Waals surface area contributed by atoms with Crippen LogP contribution in [0.1, 0.15) is 22.3 Å². The van der Waals surface area contributed by atoms with E-state index in [1.165, 1.54) is 12.1 Å². The van der Waals surface area contributed by atoms with E-state index in [2.05, 4.69) is 9.69 Å². The summed E-state index contributed by atoms with van der Waals surface area (Å²) in [5.41, 5.74) is 0.584. The Kier molecular flexibility index (Phi) is 4.50. The van der Waals surface area contributed by atoms with Crippen molar-refractivity contribution in [3.05, 3.63) is 103 Å². The van der Waals surface area contributed by atoms with Gasteiger partial charge in [0.25, 0.3) is 11.4 Å². The van der Waals surface area contributed by atoms with Crippen molar-refractivity contribution in [2.75, 3.05) is 0 Å². The Hall–Kier alpha value is -4.92. The molecule has 0 unspecified atom stereocenters. The minimum absolute atomic E-state index is 0.0313. The summed E-state index contributed by atoms with van der Waals surface area (Å²) in [4.78, 5) is 6.60. The highest BCUT2D eigenvalue weighted by Gasteiger charge is 2.34. The topological polar surface area (TPSA) is 56.3 Å². The Bertz CT molecular complexity index is 1670. The fraction of sp³-hybridized carbons (Fsp3) is 0.0769. The molecule has 160 valence electrons. The number of halogens is 4. The predicted octanol–water partition coefficient (Wildman–Crippen LogP) is 4.49. The number of nitrogens with zero attached hydrogens (tertiary/aromatic N) is 4. The van der Waals surface area contributed by atoms with Crippen LogP contribution in [0.5, 0.6) is 0 Å². The van der Waals surface area contributed by atoms with E-state index in [1.807, 2.05) is 6.07 Å². The van der Waals surface area contributed by atoms with E-state index in [1.54, 1.807) is 6.07 Å². The second kappa shape index (κ2) is 7.31. The lowest BCUT2D eigenvalue weighted by atomic mass is 9.90. The average Bonchev–Trinajstić information content (AvgIpc) is 3.41. The van der Waals surface area contributed by atoms with Crippen LogP contribution in [0.3, 0.4) is 0 Å². The number of nitriles is 2. The largest absolute Gasteiger partial charge is 0.270 e. The summed E-state index contributed by atoms with van der Waals surface area (Å²) in [7, 11) is 0. The predicted molar refractivity (Wildman–Crippen MR) is 113 cm³/mol. The van der Waals surface area contributed by atoms with Gasteiger partial charge in [0.1, 0.15) is 0 Å². The van der Waals surface area contributed by atoms with E-state index in [9.17, 15) is 28.1 Å².